The van der Waals surface area contributed by atoms with Crippen molar-refractivity contribution in [2.75, 3.05) is 13.3 Å². The van der Waals surface area contributed by atoms with Gasteiger partial charge in [-0.2, -0.15) is 0 Å². The lowest BCUT2D eigenvalue weighted by molar-refractivity contribution is -0.145. The van der Waals surface area contributed by atoms with Crippen LogP contribution in [-0.2, 0) is 51.8 Å². The van der Waals surface area contributed by atoms with Crippen LogP contribution in [0, 0.1) is 17.3 Å². The molecule has 6 atom stereocenters. The van der Waals surface area contributed by atoms with Crippen molar-refractivity contribution >= 4 is 45.8 Å². The highest BCUT2D eigenvalue weighted by Gasteiger charge is 2.62. The first-order valence-corrected chi connectivity index (χ1v) is 23.2. The van der Waals surface area contributed by atoms with Gasteiger partial charge in [0, 0.05) is 19.5 Å². The Morgan fingerprint density at radius 2 is 1.57 bits per heavy atom. The summed E-state index contributed by atoms with van der Waals surface area (Å²) in [6.45, 7) is 10.9. The summed E-state index contributed by atoms with van der Waals surface area (Å²) in [5.74, 6) is -2.14. The predicted molar refractivity (Wildman–Crippen MR) is 218 cm³/mol. The predicted octanol–water partition coefficient (Wildman–Crippen LogP) is 3.34. The Labute approximate surface area is 356 Å². The van der Waals surface area contributed by atoms with Crippen molar-refractivity contribution in [3.05, 3.63) is 23.3 Å². The summed E-state index contributed by atoms with van der Waals surface area (Å²) in [5, 5.41) is 7.82. The minimum absolute atomic E-state index is 0.116. The molecule has 3 saturated carbocycles. The zero-order valence-corrected chi connectivity index (χ0v) is 36.7. The van der Waals surface area contributed by atoms with Crippen LogP contribution in [0.1, 0.15) is 117 Å². The minimum Gasteiger partial charge on any atom is -0.454 e. The second kappa shape index (κ2) is 17.2. The third-order valence-corrected chi connectivity index (χ3v) is 14.6. The van der Waals surface area contributed by atoms with Crippen molar-refractivity contribution < 1.29 is 56.1 Å². The number of carbonyl (C=O) groups is 6. The van der Waals surface area contributed by atoms with Gasteiger partial charge in [-0.25, -0.2) is 18.0 Å². The van der Waals surface area contributed by atoms with Gasteiger partial charge >= 0.3 is 12.2 Å². The lowest BCUT2D eigenvalue weighted by Crippen LogP contribution is -2.62. The smallest absolute Gasteiger partial charge is 0.410 e. The summed E-state index contributed by atoms with van der Waals surface area (Å²) in [6, 6.07) is 0.172. The van der Waals surface area contributed by atoms with Gasteiger partial charge < -0.3 is 39.8 Å². The zero-order valence-electron chi connectivity index (χ0n) is 35.9. The van der Waals surface area contributed by atoms with Gasteiger partial charge in [-0.1, -0.05) is 53.4 Å². The molecule has 1 unspecified atom stereocenters. The standard InChI is InChI=1S/C42H60N6O12S/c1-7-27-18-42(27,38(52)46-61(55,56)29-13-14-29)45-35(49)30-17-28(60-40(54)47-19-25-15-31-32(58-22-57-31)16-26(25)20-47)21-48(30)37(51)34(41(4,5)6)44-36(50)33(24-11-9-8-10-12-24)43-39(53)59-23(2)3/h15-16,23-24,27-30,33-34H,7-14,17-22H2,1-6H3,(H,43,53)(H,44,50)(H,45,49)(H,46,52)/t27-,28+,30?,33-,34+,42-/m0/s1. The van der Waals surface area contributed by atoms with Gasteiger partial charge in [-0.15, -0.1) is 0 Å². The highest BCUT2D eigenvalue weighted by molar-refractivity contribution is 7.91. The fourth-order valence-corrected chi connectivity index (χ4v) is 10.5. The molecule has 7 rings (SSSR count). The third kappa shape index (κ3) is 9.65. The SMILES string of the molecule is CC[C@H]1C[C@@]1(NC(=O)C1C[C@@H](OC(=O)N2Cc3cc4c(cc3C2)OCO4)CN1C(=O)[C@@H](NC(=O)[C@@H](NC(=O)OC(C)C)C1CCCCC1)C(C)(C)C)C(=O)NS(=O)(=O)C1CC1. The van der Waals surface area contributed by atoms with Crippen LogP contribution < -0.4 is 30.1 Å². The molecule has 1 saturated heterocycles. The van der Waals surface area contributed by atoms with E-state index in [0.29, 0.717) is 43.6 Å². The molecule has 6 aliphatic rings. The number of hydrogen-bond acceptors (Lipinski definition) is 12. The van der Waals surface area contributed by atoms with Crippen molar-refractivity contribution in [2.24, 2.45) is 17.3 Å². The molecule has 4 N–H and O–H groups in total. The second-order valence-electron chi connectivity index (χ2n) is 18.8. The van der Waals surface area contributed by atoms with Crippen LogP contribution in [0.5, 0.6) is 11.5 Å². The number of rotatable bonds is 13. The van der Waals surface area contributed by atoms with Crippen LogP contribution in [0.4, 0.5) is 9.59 Å². The van der Waals surface area contributed by atoms with E-state index < -0.39 is 92.4 Å². The maximum absolute atomic E-state index is 14.9. The van der Waals surface area contributed by atoms with Gasteiger partial charge in [0.2, 0.25) is 34.5 Å². The van der Waals surface area contributed by atoms with Gasteiger partial charge in [0.15, 0.2) is 11.5 Å². The molecule has 0 radical (unpaired) electrons. The Bertz CT molecular complexity index is 2000. The van der Waals surface area contributed by atoms with Crippen molar-refractivity contribution in [1.29, 1.82) is 0 Å². The number of ether oxygens (including phenoxy) is 4. The average Bonchev–Trinajstić information content (AvgIpc) is 4.02. The molecule has 18 nitrogen and oxygen atoms in total. The minimum atomic E-state index is -3.93. The molecule has 61 heavy (non-hydrogen) atoms. The fraction of sp³-hybridized carbons (Fsp3) is 0.714. The molecular weight excluding hydrogens is 813 g/mol. The molecule has 6 amide bonds. The normalized spacial score (nSPS) is 25.6. The Hall–Kier alpha value is -4.81. The summed E-state index contributed by atoms with van der Waals surface area (Å²) in [6.07, 6.45) is 2.76. The van der Waals surface area contributed by atoms with E-state index in [1.165, 1.54) is 9.80 Å². The maximum Gasteiger partial charge on any atom is 0.410 e. The number of nitrogens with one attached hydrogen (secondary N) is 4. The molecule has 0 bridgehead atoms. The summed E-state index contributed by atoms with van der Waals surface area (Å²) in [4.78, 5) is 86.7. The lowest BCUT2D eigenvalue weighted by Gasteiger charge is -2.37. The van der Waals surface area contributed by atoms with E-state index >= 15 is 0 Å². The van der Waals surface area contributed by atoms with Crippen molar-refractivity contribution in [2.45, 2.75) is 160 Å². The van der Waals surface area contributed by atoms with Crippen molar-refractivity contribution in [3.8, 4) is 11.5 Å². The Morgan fingerprint density at radius 1 is 0.934 bits per heavy atom. The average molecular weight is 873 g/mol. The van der Waals surface area contributed by atoms with Crippen LogP contribution in [0.15, 0.2) is 12.1 Å². The third-order valence-electron chi connectivity index (χ3n) is 12.8. The Morgan fingerprint density at radius 3 is 2.13 bits per heavy atom. The monoisotopic (exact) mass is 872 g/mol. The number of carbonyl (C=O) groups excluding carboxylic acids is 6. The van der Waals surface area contributed by atoms with E-state index in [0.717, 1.165) is 30.4 Å². The fourth-order valence-electron chi connectivity index (χ4n) is 9.09. The molecule has 1 aromatic carbocycles. The number of fused-ring (bicyclic) bond motifs is 2. The quantitative estimate of drug-likeness (QED) is 0.224. The van der Waals surface area contributed by atoms with Crippen LogP contribution >= 0.6 is 0 Å². The van der Waals surface area contributed by atoms with Gasteiger partial charge in [0.1, 0.15) is 29.8 Å². The van der Waals surface area contributed by atoms with Gasteiger partial charge in [-0.05, 0) is 86.5 Å². The number of likely N-dealkylation sites (tertiary alicyclic amines) is 1. The Kier molecular flexibility index (Phi) is 12.4. The van der Waals surface area contributed by atoms with Crippen molar-refractivity contribution in [1.82, 2.24) is 30.5 Å². The van der Waals surface area contributed by atoms with E-state index in [9.17, 15) is 37.2 Å². The molecule has 336 valence electrons. The number of amides is 6. The summed E-state index contributed by atoms with van der Waals surface area (Å²) in [5.41, 5.74) is -0.708. The number of hydrogen-bond donors (Lipinski definition) is 4. The van der Waals surface area contributed by atoms with E-state index in [4.69, 9.17) is 18.9 Å². The lowest BCUT2D eigenvalue weighted by atomic mass is 9.82. The molecule has 3 heterocycles. The number of benzene rings is 1. The first kappa shape index (κ1) is 44.3. The second-order valence-corrected chi connectivity index (χ2v) is 20.8. The van der Waals surface area contributed by atoms with Crippen molar-refractivity contribution in [3.63, 3.8) is 0 Å². The van der Waals surface area contributed by atoms with Crippen LogP contribution in [-0.4, -0.2) is 108 Å². The van der Waals surface area contributed by atoms with Gasteiger partial charge in [0.25, 0.3) is 5.91 Å². The summed E-state index contributed by atoms with van der Waals surface area (Å²) in [7, 11) is -3.93. The molecule has 4 fully saturated rings. The highest BCUT2D eigenvalue weighted by atomic mass is 32.2. The largest absolute Gasteiger partial charge is 0.454 e. The first-order chi connectivity index (χ1) is 28.8. The van der Waals surface area contributed by atoms with Gasteiger partial charge in [0.05, 0.1) is 17.9 Å². The number of sulfonamides is 1. The number of nitrogens with zero attached hydrogens (tertiary/aromatic N) is 2. The van der Waals surface area contributed by atoms with E-state index in [2.05, 4.69) is 20.7 Å². The number of alkyl carbamates (subject to hydrolysis) is 1. The summed E-state index contributed by atoms with van der Waals surface area (Å²) >= 11 is 0. The maximum atomic E-state index is 14.9. The molecular formula is C42H60N6O12S. The Balaban J connectivity index is 1.12. The molecule has 19 heteroatoms. The van der Waals surface area contributed by atoms with E-state index in [-0.39, 0.29) is 51.1 Å². The van der Waals surface area contributed by atoms with Gasteiger partial charge in [-0.3, -0.25) is 28.8 Å². The molecule has 0 aromatic heterocycles. The van der Waals surface area contributed by atoms with Crippen LogP contribution in [0.3, 0.4) is 0 Å². The molecule has 1 aromatic rings. The summed E-state index contributed by atoms with van der Waals surface area (Å²) < 4.78 is 50.2. The van der Waals surface area contributed by atoms with Crippen LogP contribution in [0.25, 0.3) is 0 Å². The first-order valence-electron chi connectivity index (χ1n) is 21.6. The zero-order chi connectivity index (χ0) is 44.0. The topological polar surface area (TPSA) is 228 Å². The molecule has 0 spiro atoms. The van der Waals surface area contributed by atoms with E-state index in [1.807, 2.05) is 19.1 Å². The highest BCUT2D eigenvalue weighted by Crippen LogP contribution is 2.47. The van der Waals surface area contributed by atoms with E-state index in [1.54, 1.807) is 34.6 Å². The van der Waals surface area contributed by atoms with Crippen LogP contribution in [0.2, 0.25) is 0 Å². The molecule has 3 aliphatic heterocycles. The molecule has 3 aliphatic carbocycles.